The van der Waals surface area contributed by atoms with Gasteiger partial charge in [-0.2, -0.15) is 5.10 Å². The molecule has 1 heterocycles. The molecule has 5 aromatic rings. The zero-order valence-electron chi connectivity index (χ0n) is 18.3. The van der Waals surface area contributed by atoms with E-state index in [2.05, 4.69) is 5.10 Å². The second-order valence-electron chi connectivity index (χ2n) is 8.22. The number of ether oxygens (including phenoxy) is 1. The SMILES string of the molecule is Cc1ccc(-c2nn(CC(O)COc3ccc4ccccc4c3)c(=O)c3ccccc23)cc1. The summed E-state index contributed by atoms with van der Waals surface area (Å²) in [4.78, 5) is 13.1. The molecular weight excluding hydrogens is 412 g/mol. The molecule has 0 spiro atoms. The molecule has 164 valence electrons. The van der Waals surface area contributed by atoms with Crippen molar-refractivity contribution < 1.29 is 9.84 Å². The summed E-state index contributed by atoms with van der Waals surface area (Å²) < 4.78 is 7.15. The zero-order valence-corrected chi connectivity index (χ0v) is 18.3. The summed E-state index contributed by atoms with van der Waals surface area (Å²) in [5, 5.41) is 18.8. The summed E-state index contributed by atoms with van der Waals surface area (Å²) in [7, 11) is 0. The Balaban J connectivity index is 1.41. The molecule has 1 N–H and O–H groups in total. The van der Waals surface area contributed by atoms with E-state index in [-0.39, 0.29) is 18.7 Å². The summed E-state index contributed by atoms with van der Waals surface area (Å²) in [6.45, 7) is 2.12. The van der Waals surface area contributed by atoms with Gasteiger partial charge < -0.3 is 9.84 Å². The average Bonchev–Trinajstić information content (AvgIpc) is 2.85. The summed E-state index contributed by atoms with van der Waals surface area (Å²) in [6.07, 6.45) is -0.895. The van der Waals surface area contributed by atoms with Crippen LogP contribution in [0.25, 0.3) is 32.8 Å². The number of aromatic nitrogens is 2. The van der Waals surface area contributed by atoms with Gasteiger partial charge in [0.05, 0.1) is 17.6 Å². The van der Waals surface area contributed by atoms with Gasteiger partial charge in [-0.1, -0.05) is 78.4 Å². The molecular formula is C28H24N2O3. The van der Waals surface area contributed by atoms with Gasteiger partial charge in [-0.05, 0) is 35.9 Å². The second-order valence-corrected chi connectivity index (χ2v) is 8.22. The average molecular weight is 437 g/mol. The fourth-order valence-corrected chi connectivity index (χ4v) is 3.99. The Kier molecular flexibility index (Phi) is 5.63. The fourth-order valence-electron chi connectivity index (χ4n) is 3.99. The van der Waals surface area contributed by atoms with E-state index in [1.165, 1.54) is 4.68 Å². The van der Waals surface area contributed by atoms with Crippen molar-refractivity contribution in [1.82, 2.24) is 9.78 Å². The standard InChI is InChI=1S/C28H24N2O3/c1-19-10-12-21(13-11-19)27-25-8-4-5-9-26(25)28(32)30(29-27)17-23(31)18-33-24-15-14-20-6-2-3-7-22(20)16-24/h2-16,23,31H,17-18H2,1H3. The van der Waals surface area contributed by atoms with E-state index in [0.29, 0.717) is 16.8 Å². The van der Waals surface area contributed by atoms with E-state index >= 15 is 0 Å². The van der Waals surface area contributed by atoms with Gasteiger partial charge in [-0.15, -0.1) is 0 Å². The minimum atomic E-state index is -0.895. The maximum Gasteiger partial charge on any atom is 0.274 e. The maximum absolute atomic E-state index is 13.1. The van der Waals surface area contributed by atoms with E-state index in [9.17, 15) is 9.90 Å². The van der Waals surface area contributed by atoms with E-state index in [1.807, 2.05) is 91.9 Å². The fraction of sp³-hybridized carbons (Fsp3) is 0.143. The normalized spacial score (nSPS) is 12.2. The van der Waals surface area contributed by atoms with Gasteiger partial charge in [-0.3, -0.25) is 4.79 Å². The Hall–Kier alpha value is -3.96. The lowest BCUT2D eigenvalue weighted by Gasteiger charge is -2.16. The van der Waals surface area contributed by atoms with Gasteiger partial charge >= 0.3 is 0 Å². The Bertz CT molecular complexity index is 1490. The molecule has 5 nitrogen and oxygen atoms in total. The molecule has 33 heavy (non-hydrogen) atoms. The third-order valence-corrected chi connectivity index (χ3v) is 5.74. The number of fused-ring (bicyclic) bond motifs is 2. The van der Waals surface area contributed by atoms with Crippen molar-refractivity contribution in [2.75, 3.05) is 6.61 Å². The lowest BCUT2D eigenvalue weighted by Crippen LogP contribution is -2.32. The zero-order chi connectivity index (χ0) is 22.8. The Morgan fingerprint density at radius 2 is 1.58 bits per heavy atom. The molecule has 5 heteroatoms. The largest absolute Gasteiger partial charge is 0.491 e. The van der Waals surface area contributed by atoms with Crippen molar-refractivity contribution in [3.05, 3.63) is 107 Å². The summed E-state index contributed by atoms with van der Waals surface area (Å²) in [5.41, 5.74) is 2.56. The molecule has 0 bridgehead atoms. The van der Waals surface area contributed by atoms with Crippen LogP contribution in [0.5, 0.6) is 5.75 Å². The van der Waals surface area contributed by atoms with Crippen molar-refractivity contribution in [1.29, 1.82) is 0 Å². The molecule has 0 aliphatic carbocycles. The molecule has 1 aromatic heterocycles. The Morgan fingerprint density at radius 3 is 2.36 bits per heavy atom. The van der Waals surface area contributed by atoms with E-state index in [4.69, 9.17) is 4.74 Å². The third kappa shape index (κ3) is 4.36. The number of hydrogen-bond acceptors (Lipinski definition) is 4. The summed E-state index contributed by atoms with van der Waals surface area (Å²) in [6, 6.07) is 29.3. The van der Waals surface area contributed by atoms with Crippen LogP contribution >= 0.6 is 0 Å². The third-order valence-electron chi connectivity index (χ3n) is 5.74. The lowest BCUT2D eigenvalue weighted by molar-refractivity contribution is 0.0883. The molecule has 0 saturated carbocycles. The van der Waals surface area contributed by atoms with Gasteiger partial charge in [0.25, 0.3) is 5.56 Å². The van der Waals surface area contributed by atoms with Crippen LogP contribution in [0.2, 0.25) is 0 Å². The number of aliphatic hydroxyl groups excluding tert-OH is 1. The predicted octanol–water partition coefficient (Wildman–Crippen LogP) is 4.97. The number of aryl methyl sites for hydroxylation is 1. The number of hydrogen-bond donors (Lipinski definition) is 1. The van der Waals surface area contributed by atoms with Crippen LogP contribution in [0.15, 0.2) is 95.8 Å². The van der Waals surface area contributed by atoms with Crippen LogP contribution in [0.3, 0.4) is 0 Å². The van der Waals surface area contributed by atoms with E-state index in [1.54, 1.807) is 6.07 Å². The summed E-state index contributed by atoms with van der Waals surface area (Å²) in [5.74, 6) is 0.673. The highest BCUT2D eigenvalue weighted by molar-refractivity contribution is 5.93. The van der Waals surface area contributed by atoms with Gasteiger partial charge in [-0.25, -0.2) is 4.68 Å². The minimum absolute atomic E-state index is 0.0378. The highest BCUT2D eigenvalue weighted by Crippen LogP contribution is 2.25. The highest BCUT2D eigenvalue weighted by Gasteiger charge is 2.15. The molecule has 5 rings (SSSR count). The molecule has 0 fully saturated rings. The number of benzene rings is 4. The monoisotopic (exact) mass is 436 g/mol. The molecule has 1 atom stereocenters. The summed E-state index contributed by atoms with van der Waals surface area (Å²) >= 11 is 0. The van der Waals surface area contributed by atoms with Crippen LogP contribution in [0.4, 0.5) is 0 Å². The van der Waals surface area contributed by atoms with Crippen LogP contribution in [0, 0.1) is 6.92 Å². The van der Waals surface area contributed by atoms with Crippen LogP contribution in [0.1, 0.15) is 5.56 Å². The Labute approximate surface area is 191 Å². The first-order valence-electron chi connectivity index (χ1n) is 10.9. The van der Waals surface area contributed by atoms with Crippen molar-refractivity contribution >= 4 is 21.5 Å². The number of rotatable bonds is 6. The van der Waals surface area contributed by atoms with Gasteiger partial charge in [0.1, 0.15) is 18.5 Å². The molecule has 0 aliphatic rings. The van der Waals surface area contributed by atoms with Gasteiger partial charge in [0.2, 0.25) is 0 Å². The van der Waals surface area contributed by atoms with Crippen LogP contribution in [-0.2, 0) is 6.54 Å². The minimum Gasteiger partial charge on any atom is -0.491 e. The molecule has 4 aromatic carbocycles. The van der Waals surface area contributed by atoms with Crippen molar-refractivity contribution in [3.8, 4) is 17.0 Å². The number of nitrogens with zero attached hydrogens (tertiary/aromatic N) is 2. The smallest absolute Gasteiger partial charge is 0.274 e. The topological polar surface area (TPSA) is 64.3 Å². The first kappa shape index (κ1) is 20.9. The lowest BCUT2D eigenvalue weighted by atomic mass is 10.0. The highest BCUT2D eigenvalue weighted by atomic mass is 16.5. The van der Waals surface area contributed by atoms with Gasteiger partial charge in [0, 0.05) is 10.9 Å². The molecule has 0 saturated heterocycles. The molecule has 0 amide bonds. The molecule has 0 aliphatic heterocycles. The van der Waals surface area contributed by atoms with Crippen molar-refractivity contribution in [3.63, 3.8) is 0 Å². The van der Waals surface area contributed by atoms with Gasteiger partial charge in [0.15, 0.2) is 0 Å². The van der Waals surface area contributed by atoms with E-state index in [0.717, 1.165) is 27.3 Å². The number of aliphatic hydroxyl groups is 1. The van der Waals surface area contributed by atoms with Crippen LogP contribution in [-0.4, -0.2) is 27.6 Å². The van der Waals surface area contributed by atoms with E-state index < -0.39 is 6.10 Å². The quantitative estimate of drug-likeness (QED) is 0.408. The Morgan fingerprint density at radius 1 is 0.879 bits per heavy atom. The van der Waals surface area contributed by atoms with Crippen molar-refractivity contribution in [2.45, 2.75) is 19.6 Å². The second kappa shape index (κ2) is 8.88. The maximum atomic E-state index is 13.1. The molecule has 0 radical (unpaired) electrons. The predicted molar refractivity (Wildman–Crippen MR) is 132 cm³/mol. The first-order valence-corrected chi connectivity index (χ1v) is 10.9. The molecule has 1 unspecified atom stereocenters. The van der Waals surface area contributed by atoms with Crippen molar-refractivity contribution in [2.24, 2.45) is 0 Å². The first-order chi connectivity index (χ1) is 16.1. The van der Waals surface area contributed by atoms with Crippen LogP contribution < -0.4 is 10.3 Å².